The number of thiophene rings is 1. The lowest BCUT2D eigenvalue weighted by atomic mass is 10.1. The van der Waals surface area contributed by atoms with Crippen molar-refractivity contribution in [2.45, 2.75) is 50.4 Å². The van der Waals surface area contributed by atoms with Gasteiger partial charge in [0.05, 0.1) is 6.42 Å². The Morgan fingerprint density at radius 1 is 1.15 bits per heavy atom. The zero-order valence-electron chi connectivity index (χ0n) is 23.1. The molecule has 0 aliphatic carbocycles. The smallest absolute Gasteiger partial charge is 0.305 e. The molecule has 9 nitrogen and oxygen atoms in total. The summed E-state index contributed by atoms with van der Waals surface area (Å²) in [5.41, 5.74) is 1.56. The largest absolute Gasteiger partial charge is 0.481 e. The lowest BCUT2D eigenvalue weighted by Crippen LogP contribution is -2.58. The first-order chi connectivity index (χ1) is 19.0. The lowest BCUT2D eigenvalue weighted by molar-refractivity contribution is -0.147. The maximum atomic E-state index is 13.6. The average Bonchev–Trinajstić information content (AvgIpc) is 3.36. The van der Waals surface area contributed by atoms with Crippen LogP contribution in [0, 0.1) is 5.41 Å². The second-order valence-electron chi connectivity index (χ2n) is 9.20. The molecule has 0 saturated carbocycles. The molecule has 1 amide bonds. The second-order valence-corrected chi connectivity index (χ2v) is 12.8. The number of halogens is 1. The molecule has 1 aromatic heterocycles. The molecule has 0 spiro atoms. The number of piperazine rings is 1. The SMILES string of the molecule is CC.CCCN(C)C(=N)c1ccc(CN2CCN(S(=O)(=O)c3cc4ccc(Cl)cc4s3)C(CC(=O)O)C2=O)cc1. The summed E-state index contributed by atoms with van der Waals surface area (Å²) < 4.78 is 28.9. The highest BCUT2D eigenvalue weighted by atomic mass is 35.5. The number of nitrogens with one attached hydrogen (secondary N) is 1. The number of amidine groups is 1. The number of carbonyl (C=O) groups excluding carboxylic acids is 1. The minimum absolute atomic E-state index is 0.0223. The van der Waals surface area contributed by atoms with Crippen molar-refractivity contribution in [2.24, 2.45) is 0 Å². The first kappa shape index (κ1) is 31.5. The van der Waals surface area contributed by atoms with E-state index in [-0.39, 0.29) is 23.8 Å². The summed E-state index contributed by atoms with van der Waals surface area (Å²) in [4.78, 5) is 28.4. The quantitative estimate of drug-likeness (QED) is 0.257. The van der Waals surface area contributed by atoms with Crippen molar-refractivity contribution in [3.63, 3.8) is 0 Å². The van der Waals surface area contributed by atoms with E-state index in [4.69, 9.17) is 17.0 Å². The van der Waals surface area contributed by atoms with Gasteiger partial charge in [-0.05, 0) is 35.6 Å². The predicted octanol–water partition coefficient (Wildman–Crippen LogP) is 5.12. The molecule has 1 aliphatic heterocycles. The first-order valence-electron chi connectivity index (χ1n) is 13.1. The van der Waals surface area contributed by atoms with Crippen molar-refractivity contribution < 1.29 is 23.1 Å². The molecule has 0 bridgehead atoms. The van der Waals surface area contributed by atoms with Crippen LogP contribution in [-0.4, -0.2) is 78.1 Å². The van der Waals surface area contributed by atoms with Gasteiger partial charge in [-0.2, -0.15) is 4.31 Å². The summed E-state index contributed by atoms with van der Waals surface area (Å²) in [6.07, 6.45) is 0.292. The molecule has 1 unspecified atom stereocenters. The number of carboxylic acids is 1. The highest BCUT2D eigenvalue weighted by molar-refractivity contribution is 7.91. The Balaban J connectivity index is 0.00000216. The van der Waals surface area contributed by atoms with Crippen LogP contribution in [0.15, 0.2) is 52.7 Å². The van der Waals surface area contributed by atoms with Gasteiger partial charge in [0.1, 0.15) is 16.1 Å². The van der Waals surface area contributed by atoms with Gasteiger partial charge in [-0.1, -0.05) is 62.7 Å². The van der Waals surface area contributed by atoms with Gasteiger partial charge in [-0.3, -0.25) is 15.0 Å². The van der Waals surface area contributed by atoms with Gasteiger partial charge in [0.15, 0.2) is 0 Å². The number of nitrogens with zero attached hydrogens (tertiary/aromatic N) is 3. The summed E-state index contributed by atoms with van der Waals surface area (Å²) in [5.74, 6) is -1.41. The molecule has 216 valence electrons. The second kappa shape index (κ2) is 13.6. The van der Waals surface area contributed by atoms with Gasteiger partial charge in [0, 0.05) is 48.5 Å². The minimum Gasteiger partial charge on any atom is -0.481 e. The van der Waals surface area contributed by atoms with E-state index in [0.717, 1.165) is 39.7 Å². The van der Waals surface area contributed by atoms with Crippen LogP contribution in [-0.2, 0) is 26.2 Å². The van der Waals surface area contributed by atoms with Crippen LogP contribution in [0.1, 0.15) is 44.7 Å². The molecule has 0 radical (unpaired) electrons. The third kappa shape index (κ3) is 7.01. The fourth-order valence-electron chi connectivity index (χ4n) is 4.50. The molecule has 2 aromatic carbocycles. The number of hydrogen-bond acceptors (Lipinski definition) is 6. The van der Waals surface area contributed by atoms with Gasteiger partial charge in [-0.15, -0.1) is 11.3 Å². The fraction of sp³-hybridized carbons (Fsp3) is 0.393. The zero-order chi connectivity index (χ0) is 29.6. The van der Waals surface area contributed by atoms with E-state index in [9.17, 15) is 23.1 Å². The molecule has 3 aromatic rings. The number of fused-ring (bicyclic) bond motifs is 1. The van der Waals surface area contributed by atoms with Crippen LogP contribution in [0.25, 0.3) is 10.1 Å². The lowest BCUT2D eigenvalue weighted by Gasteiger charge is -2.39. The molecule has 12 heteroatoms. The van der Waals surface area contributed by atoms with Crippen LogP contribution < -0.4 is 0 Å². The van der Waals surface area contributed by atoms with Crippen LogP contribution >= 0.6 is 22.9 Å². The van der Waals surface area contributed by atoms with E-state index in [0.29, 0.717) is 20.9 Å². The number of sulfonamides is 1. The van der Waals surface area contributed by atoms with Crippen molar-refractivity contribution in [2.75, 3.05) is 26.7 Å². The molecular weight excluding hydrogens is 572 g/mol. The van der Waals surface area contributed by atoms with E-state index in [1.54, 1.807) is 18.2 Å². The number of benzene rings is 2. The first-order valence-corrected chi connectivity index (χ1v) is 15.7. The standard InChI is InChI=1S/C26H29ClN4O5S2.C2H6/c1-3-10-29(2)25(28)18-6-4-17(5-7-18)16-30-11-12-31(21(26(30)34)15-23(32)33)38(35,36)24-13-19-8-9-20(27)14-22(19)37-24;1-2/h4-9,13-14,21,28H,3,10-12,15-16H2,1-2H3,(H,32,33);1-2H3. The van der Waals surface area contributed by atoms with Gasteiger partial charge < -0.3 is 14.9 Å². The summed E-state index contributed by atoms with van der Waals surface area (Å²) in [7, 11) is -2.26. The summed E-state index contributed by atoms with van der Waals surface area (Å²) in [6, 6.07) is 12.5. The third-order valence-corrected chi connectivity index (χ3v) is 10.2. The Labute approximate surface area is 244 Å². The Hall–Kier alpha value is -2.99. The zero-order valence-corrected chi connectivity index (χ0v) is 25.4. The summed E-state index contributed by atoms with van der Waals surface area (Å²) in [6.45, 7) is 7.13. The number of carbonyl (C=O) groups is 2. The van der Waals surface area contributed by atoms with Gasteiger partial charge in [0.2, 0.25) is 5.91 Å². The number of carboxylic acid groups (broad SMARTS) is 1. The van der Waals surface area contributed by atoms with Gasteiger partial charge >= 0.3 is 5.97 Å². The molecule has 4 rings (SSSR count). The molecule has 1 saturated heterocycles. The summed E-state index contributed by atoms with van der Waals surface area (Å²) >= 11 is 7.08. The van der Waals surface area contributed by atoms with Crippen molar-refractivity contribution >= 4 is 60.8 Å². The third-order valence-electron chi connectivity index (χ3n) is 6.47. The molecule has 40 heavy (non-hydrogen) atoms. The normalized spacial score (nSPS) is 16.0. The Bertz CT molecular complexity index is 1470. The van der Waals surface area contributed by atoms with Crippen LogP contribution in [0.3, 0.4) is 0 Å². The molecule has 2 N–H and O–H groups in total. The number of aliphatic carboxylic acids is 1. The van der Waals surface area contributed by atoms with Crippen molar-refractivity contribution in [1.82, 2.24) is 14.1 Å². The Morgan fingerprint density at radius 3 is 2.45 bits per heavy atom. The highest BCUT2D eigenvalue weighted by Gasteiger charge is 2.43. The van der Waals surface area contributed by atoms with Crippen LogP contribution in [0.2, 0.25) is 5.02 Å². The predicted molar refractivity (Wildman–Crippen MR) is 160 cm³/mol. The van der Waals surface area contributed by atoms with Gasteiger partial charge in [-0.25, -0.2) is 8.42 Å². The monoisotopic (exact) mass is 606 g/mol. The molecule has 1 aliphatic rings. The number of amides is 1. The summed E-state index contributed by atoms with van der Waals surface area (Å²) in [5, 5.41) is 19.0. The van der Waals surface area contributed by atoms with Crippen LogP contribution in [0.4, 0.5) is 0 Å². The van der Waals surface area contributed by atoms with E-state index in [2.05, 4.69) is 0 Å². The Kier molecular flexibility index (Phi) is 10.7. The molecule has 1 fully saturated rings. The maximum Gasteiger partial charge on any atom is 0.305 e. The van der Waals surface area contributed by atoms with E-state index >= 15 is 0 Å². The van der Waals surface area contributed by atoms with Crippen molar-refractivity contribution in [3.8, 4) is 0 Å². The topological polar surface area (TPSA) is 122 Å². The van der Waals surface area contributed by atoms with Crippen molar-refractivity contribution in [1.29, 1.82) is 5.41 Å². The number of hydrogen-bond donors (Lipinski definition) is 2. The average molecular weight is 607 g/mol. The van der Waals surface area contributed by atoms with Gasteiger partial charge in [0.25, 0.3) is 10.0 Å². The van der Waals surface area contributed by atoms with E-state index in [1.165, 1.54) is 11.0 Å². The molecule has 1 atom stereocenters. The van der Waals surface area contributed by atoms with E-state index in [1.807, 2.05) is 57.0 Å². The number of rotatable bonds is 9. The minimum atomic E-state index is -4.12. The molecule has 2 heterocycles. The Morgan fingerprint density at radius 2 is 1.82 bits per heavy atom. The fourth-order valence-corrected chi connectivity index (χ4v) is 7.87. The van der Waals surface area contributed by atoms with Crippen LogP contribution in [0.5, 0.6) is 0 Å². The van der Waals surface area contributed by atoms with E-state index < -0.39 is 34.4 Å². The molecular formula is C28H35ClN4O5S2. The highest BCUT2D eigenvalue weighted by Crippen LogP contribution is 2.34. The maximum absolute atomic E-state index is 13.6. The van der Waals surface area contributed by atoms with Crippen molar-refractivity contribution in [3.05, 3.63) is 64.7 Å².